The maximum atomic E-state index is 8.93. The molecule has 0 saturated heterocycles. The molecule has 0 aliphatic carbocycles. The molecule has 0 fully saturated rings. The van der Waals surface area contributed by atoms with E-state index in [1.165, 1.54) is 38.5 Å². The molecule has 0 radical (unpaired) electrons. The van der Waals surface area contributed by atoms with Gasteiger partial charge >= 0.3 is 0 Å². The summed E-state index contributed by atoms with van der Waals surface area (Å²) in [6.07, 6.45) is 10.3. The molecule has 0 saturated carbocycles. The van der Waals surface area contributed by atoms with Gasteiger partial charge in [-0.25, -0.2) is 0 Å². The lowest BCUT2D eigenvalue weighted by atomic mass is 10.1. The van der Waals surface area contributed by atoms with E-state index in [0.717, 1.165) is 48.7 Å². The summed E-state index contributed by atoms with van der Waals surface area (Å²) in [6, 6.07) is 15.5. The summed E-state index contributed by atoms with van der Waals surface area (Å²) < 4.78 is 11.5. The SMILES string of the molecule is NN=C(N)c1ccc(OCCCCCCCCCCOc2ccc(CCO)cc2)cc1. The number of nitrogens with zero attached hydrogens (tertiary/aromatic N) is 1. The fraction of sp³-hybridized carbons (Fsp3) is 0.480. The van der Waals surface area contributed by atoms with Gasteiger partial charge in [0.25, 0.3) is 0 Å². The van der Waals surface area contributed by atoms with E-state index >= 15 is 0 Å². The second-order valence-electron chi connectivity index (χ2n) is 7.68. The van der Waals surface area contributed by atoms with Gasteiger partial charge < -0.3 is 26.2 Å². The Hall–Kier alpha value is -2.73. The molecule has 0 amide bonds. The maximum Gasteiger partial charge on any atom is 0.150 e. The van der Waals surface area contributed by atoms with Crippen LogP contribution in [0.4, 0.5) is 0 Å². The first-order valence-corrected chi connectivity index (χ1v) is 11.3. The number of aliphatic hydroxyl groups excluding tert-OH is 1. The Morgan fingerprint density at radius 1 is 0.710 bits per heavy atom. The zero-order valence-corrected chi connectivity index (χ0v) is 18.5. The number of rotatable bonds is 16. The van der Waals surface area contributed by atoms with E-state index in [4.69, 9.17) is 26.2 Å². The van der Waals surface area contributed by atoms with Crippen LogP contribution in [0.5, 0.6) is 11.5 Å². The van der Waals surface area contributed by atoms with Crippen molar-refractivity contribution in [3.8, 4) is 11.5 Å². The molecule has 170 valence electrons. The molecule has 0 unspecified atom stereocenters. The molecule has 5 N–H and O–H groups in total. The Balaban J connectivity index is 1.39. The third kappa shape index (κ3) is 10.2. The topological polar surface area (TPSA) is 103 Å². The predicted molar refractivity (Wildman–Crippen MR) is 127 cm³/mol. The Kier molecular flexibility index (Phi) is 12.0. The number of hydrogen-bond acceptors (Lipinski definition) is 5. The number of hydrogen-bond donors (Lipinski definition) is 3. The zero-order chi connectivity index (χ0) is 22.2. The quantitative estimate of drug-likeness (QED) is 0.121. The van der Waals surface area contributed by atoms with E-state index in [-0.39, 0.29) is 6.61 Å². The van der Waals surface area contributed by atoms with Crippen molar-refractivity contribution < 1.29 is 14.6 Å². The largest absolute Gasteiger partial charge is 0.494 e. The summed E-state index contributed by atoms with van der Waals surface area (Å²) in [5.41, 5.74) is 7.61. The van der Waals surface area contributed by atoms with Crippen molar-refractivity contribution in [1.82, 2.24) is 0 Å². The first kappa shape index (κ1) is 24.5. The molecule has 0 atom stereocenters. The van der Waals surface area contributed by atoms with Gasteiger partial charge in [-0.2, -0.15) is 5.10 Å². The van der Waals surface area contributed by atoms with Crippen LogP contribution in [-0.4, -0.2) is 30.8 Å². The first-order chi connectivity index (χ1) is 15.2. The van der Waals surface area contributed by atoms with E-state index in [0.29, 0.717) is 12.3 Å². The smallest absolute Gasteiger partial charge is 0.150 e. The van der Waals surface area contributed by atoms with Crippen LogP contribution in [0.2, 0.25) is 0 Å². The van der Waals surface area contributed by atoms with Crippen molar-refractivity contribution in [3.05, 3.63) is 59.7 Å². The average molecular weight is 428 g/mol. The normalized spacial score (nSPS) is 11.5. The molecule has 0 aliphatic rings. The second kappa shape index (κ2) is 15.1. The summed E-state index contributed by atoms with van der Waals surface area (Å²) in [7, 11) is 0. The highest BCUT2D eigenvalue weighted by atomic mass is 16.5. The van der Waals surface area contributed by atoms with Gasteiger partial charge in [-0.05, 0) is 61.2 Å². The summed E-state index contributed by atoms with van der Waals surface area (Å²) >= 11 is 0. The number of aliphatic hydroxyl groups is 1. The van der Waals surface area contributed by atoms with Gasteiger partial charge in [-0.3, -0.25) is 0 Å². The van der Waals surface area contributed by atoms with Crippen molar-refractivity contribution >= 4 is 5.84 Å². The molecular weight excluding hydrogens is 390 g/mol. The van der Waals surface area contributed by atoms with Crippen molar-refractivity contribution in [2.75, 3.05) is 19.8 Å². The molecule has 6 nitrogen and oxygen atoms in total. The monoisotopic (exact) mass is 427 g/mol. The maximum absolute atomic E-state index is 8.93. The van der Waals surface area contributed by atoms with Crippen LogP contribution in [0.15, 0.2) is 53.6 Å². The highest BCUT2D eigenvalue weighted by molar-refractivity contribution is 5.97. The minimum absolute atomic E-state index is 0.186. The van der Waals surface area contributed by atoms with Gasteiger partial charge in [-0.1, -0.05) is 50.7 Å². The van der Waals surface area contributed by atoms with Crippen LogP contribution in [0.1, 0.15) is 62.5 Å². The van der Waals surface area contributed by atoms with Crippen LogP contribution in [0.3, 0.4) is 0 Å². The number of hydrazone groups is 1. The van der Waals surface area contributed by atoms with Crippen LogP contribution >= 0.6 is 0 Å². The molecule has 2 aromatic carbocycles. The molecule has 31 heavy (non-hydrogen) atoms. The van der Waals surface area contributed by atoms with E-state index < -0.39 is 0 Å². The standard InChI is InChI=1S/C25H37N3O3/c26-25(28-27)22-11-15-24(16-12-22)31-20-8-6-4-2-1-3-5-7-19-30-23-13-9-21(10-14-23)17-18-29/h9-16,29H,1-8,17-20,27H2,(H2,26,28). The highest BCUT2D eigenvalue weighted by Gasteiger charge is 2.00. The lowest BCUT2D eigenvalue weighted by molar-refractivity contribution is 0.298. The number of nitrogens with two attached hydrogens (primary N) is 2. The molecule has 0 aliphatic heterocycles. The summed E-state index contributed by atoms with van der Waals surface area (Å²) in [4.78, 5) is 0. The van der Waals surface area contributed by atoms with Crippen LogP contribution in [0.25, 0.3) is 0 Å². The highest BCUT2D eigenvalue weighted by Crippen LogP contribution is 2.15. The first-order valence-electron chi connectivity index (χ1n) is 11.3. The third-order valence-corrected chi connectivity index (χ3v) is 5.19. The van der Waals surface area contributed by atoms with Gasteiger partial charge in [0.1, 0.15) is 17.3 Å². The average Bonchev–Trinajstić information content (AvgIpc) is 2.81. The second-order valence-corrected chi connectivity index (χ2v) is 7.68. The molecule has 2 rings (SSSR count). The van der Waals surface area contributed by atoms with Crippen LogP contribution in [0, 0.1) is 0 Å². The summed E-state index contributed by atoms with van der Waals surface area (Å²) in [6.45, 7) is 1.69. The third-order valence-electron chi connectivity index (χ3n) is 5.19. The fourth-order valence-corrected chi connectivity index (χ4v) is 3.32. The summed E-state index contributed by atoms with van der Waals surface area (Å²) in [5.74, 6) is 7.25. The van der Waals surface area contributed by atoms with Gasteiger partial charge in [0, 0.05) is 12.2 Å². The van der Waals surface area contributed by atoms with Gasteiger partial charge in [-0.15, -0.1) is 0 Å². The molecule has 0 spiro atoms. The van der Waals surface area contributed by atoms with Gasteiger partial charge in [0.05, 0.1) is 13.2 Å². The molecule has 2 aromatic rings. The van der Waals surface area contributed by atoms with Gasteiger partial charge in [0.15, 0.2) is 0 Å². The predicted octanol–water partition coefficient (Wildman–Crippen LogP) is 4.38. The van der Waals surface area contributed by atoms with Crippen LogP contribution < -0.4 is 21.1 Å². The van der Waals surface area contributed by atoms with Gasteiger partial charge in [0.2, 0.25) is 0 Å². The summed E-state index contributed by atoms with van der Waals surface area (Å²) in [5, 5.41) is 12.4. The number of benzene rings is 2. The van der Waals surface area contributed by atoms with E-state index in [9.17, 15) is 0 Å². The van der Waals surface area contributed by atoms with E-state index in [1.54, 1.807) is 0 Å². The van der Waals surface area contributed by atoms with Crippen LogP contribution in [-0.2, 0) is 6.42 Å². The molecule has 6 heteroatoms. The van der Waals surface area contributed by atoms with Crippen molar-refractivity contribution in [2.24, 2.45) is 16.7 Å². The number of ether oxygens (including phenoxy) is 2. The molecule has 0 heterocycles. The van der Waals surface area contributed by atoms with Crippen molar-refractivity contribution in [2.45, 2.75) is 57.8 Å². The van der Waals surface area contributed by atoms with E-state index in [1.807, 2.05) is 48.5 Å². The lowest BCUT2D eigenvalue weighted by Crippen LogP contribution is -2.15. The zero-order valence-electron chi connectivity index (χ0n) is 18.5. The Labute approximate surface area is 186 Å². The van der Waals surface area contributed by atoms with E-state index in [2.05, 4.69) is 5.10 Å². The molecular formula is C25H37N3O3. The van der Waals surface area contributed by atoms with Crippen molar-refractivity contribution in [1.29, 1.82) is 0 Å². The Morgan fingerprint density at radius 2 is 1.16 bits per heavy atom. The lowest BCUT2D eigenvalue weighted by Gasteiger charge is -2.08. The molecule has 0 bridgehead atoms. The minimum atomic E-state index is 0.186. The fourth-order valence-electron chi connectivity index (χ4n) is 3.32. The minimum Gasteiger partial charge on any atom is -0.494 e. The van der Waals surface area contributed by atoms with Crippen molar-refractivity contribution in [3.63, 3.8) is 0 Å². The molecule has 0 aromatic heterocycles. The number of unbranched alkanes of at least 4 members (excludes halogenated alkanes) is 7. The number of amidine groups is 1. The Morgan fingerprint density at radius 3 is 1.61 bits per heavy atom. The Bertz CT molecular complexity index is 746.